The summed E-state index contributed by atoms with van der Waals surface area (Å²) in [5, 5.41) is 4.25. The molecule has 0 aromatic carbocycles. The number of rotatable bonds is 3. The quantitative estimate of drug-likeness (QED) is 0.788. The molecular weight excluding hydrogens is 354 g/mol. The number of nitrogens with zero attached hydrogens (tertiary/aromatic N) is 5. The maximum atomic E-state index is 13.2. The molecule has 0 radical (unpaired) electrons. The van der Waals surface area contributed by atoms with Gasteiger partial charge in [0.15, 0.2) is 0 Å². The fourth-order valence-electron chi connectivity index (χ4n) is 3.96. The Hall–Kier alpha value is -1.97. The third-order valence-corrected chi connectivity index (χ3v) is 7.26. The summed E-state index contributed by atoms with van der Waals surface area (Å²) in [6.07, 6.45) is 5.19. The van der Waals surface area contributed by atoms with Crippen molar-refractivity contribution in [3.05, 3.63) is 36.2 Å². The Morgan fingerprint density at radius 2 is 2.00 bits per heavy atom. The Balaban J connectivity index is 1.64. The first-order valence-corrected chi connectivity index (χ1v) is 10.2. The normalized spacial score (nSPS) is 24.3. The summed E-state index contributed by atoms with van der Waals surface area (Å²) in [7, 11) is -0.383. The number of aromatic nitrogens is 2. The van der Waals surface area contributed by atoms with Gasteiger partial charge in [-0.3, -0.25) is 4.79 Å². The second kappa shape index (κ2) is 6.33. The third-order valence-electron chi connectivity index (χ3n) is 5.39. The Bertz CT molecular complexity index is 939. The van der Waals surface area contributed by atoms with Crippen LogP contribution in [0.15, 0.2) is 30.6 Å². The lowest BCUT2D eigenvalue weighted by atomic mass is 9.94. The van der Waals surface area contributed by atoms with Crippen LogP contribution in [-0.2, 0) is 10.2 Å². The van der Waals surface area contributed by atoms with E-state index in [9.17, 15) is 13.2 Å². The van der Waals surface area contributed by atoms with E-state index in [1.807, 2.05) is 29.3 Å². The van der Waals surface area contributed by atoms with Crippen molar-refractivity contribution >= 4 is 21.6 Å². The van der Waals surface area contributed by atoms with Crippen molar-refractivity contribution in [3.63, 3.8) is 0 Å². The molecule has 2 aromatic heterocycles. The summed E-state index contributed by atoms with van der Waals surface area (Å²) >= 11 is 0. The zero-order valence-electron chi connectivity index (χ0n) is 14.9. The van der Waals surface area contributed by atoms with Crippen LogP contribution < -0.4 is 0 Å². The van der Waals surface area contributed by atoms with Gasteiger partial charge >= 0.3 is 0 Å². The molecule has 3 saturated heterocycles. The molecule has 2 bridgehead atoms. The van der Waals surface area contributed by atoms with Gasteiger partial charge in [-0.05, 0) is 30.9 Å². The van der Waals surface area contributed by atoms with Gasteiger partial charge in [0, 0.05) is 46.0 Å². The minimum Gasteiger partial charge on any atom is -0.334 e. The highest BCUT2D eigenvalue weighted by Crippen LogP contribution is 2.31. The van der Waals surface area contributed by atoms with Crippen molar-refractivity contribution in [1.29, 1.82) is 0 Å². The molecule has 1 amide bonds. The van der Waals surface area contributed by atoms with E-state index in [-0.39, 0.29) is 17.9 Å². The molecule has 3 aliphatic heterocycles. The van der Waals surface area contributed by atoms with Crippen LogP contribution in [0.5, 0.6) is 0 Å². The van der Waals surface area contributed by atoms with Gasteiger partial charge in [-0.25, -0.2) is 4.52 Å². The molecule has 2 atom stereocenters. The average Bonchev–Trinajstić information content (AvgIpc) is 2.82. The van der Waals surface area contributed by atoms with E-state index >= 15 is 0 Å². The number of hydrogen-bond donors (Lipinski definition) is 0. The molecule has 26 heavy (non-hydrogen) atoms. The summed E-state index contributed by atoms with van der Waals surface area (Å²) in [5.41, 5.74) is 1.34. The lowest BCUT2D eigenvalue weighted by molar-refractivity contribution is 0.0590. The van der Waals surface area contributed by atoms with Crippen molar-refractivity contribution < 1.29 is 13.2 Å². The number of pyridine rings is 1. The lowest BCUT2D eigenvalue weighted by Crippen LogP contribution is -2.48. The molecule has 0 saturated carbocycles. The summed E-state index contributed by atoms with van der Waals surface area (Å²) in [6, 6.07) is 5.52. The van der Waals surface area contributed by atoms with Crippen molar-refractivity contribution in [3.8, 4) is 0 Å². The van der Waals surface area contributed by atoms with Gasteiger partial charge in [-0.15, -0.1) is 0 Å². The number of piperidine rings is 1. The first-order valence-electron chi connectivity index (χ1n) is 8.79. The molecule has 3 aliphatic rings. The Labute approximate surface area is 153 Å². The predicted octanol–water partition coefficient (Wildman–Crippen LogP) is 0.677. The standard InChI is InChI=1S/C17H23N5O3S/c1-19(2)26(24,25)20-10-13-6-7-14(12-20)21(11-13)17(23)15-9-18-22-8-4-3-5-16(15)22/h3-5,8-9,13-14H,6-7,10-12H2,1-2H3/t13-,14+/m1/s1. The van der Waals surface area contributed by atoms with Crippen molar-refractivity contribution in [2.75, 3.05) is 33.7 Å². The molecule has 0 aliphatic carbocycles. The van der Waals surface area contributed by atoms with Crippen LogP contribution in [0.3, 0.4) is 0 Å². The first kappa shape index (κ1) is 17.4. The van der Waals surface area contributed by atoms with Crippen LogP contribution in [-0.4, -0.2) is 77.2 Å². The molecule has 0 N–H and O–H groups in total. The molecular formula is C17H23N5O3S. The Morgan fingerprint density at radius 3 is 2.77 bits per heavy atom. The zero-order chi connectivity index (χ0) is 18.5. The smallest absolute Gasteiger partial charge is 0.281 e. The fraction of sp³-hybridized carbons (Fsp3) is 0.529. The highest BCUT2D eigenvalue weighted by Gasteiger charge is 2.41. The van der Waals surface area contributed by atoms with Crippen LogP contribution in [0.4, 0.5) is 0 Å². The second-order valence-electron chi connectivity index (χ2n) is 7.25. The van der Waals surface area contributed by atoms with Gasteiger partial charge in [0.1, 0.15) is 0 Å². The third kappa shape index (κ3) is 2.80. The van der Waals surface area contributed by atoms with E-state index in [0.29, 0.717) is 25.2 Å². The summed E-state index contributed by atoms with van der Waals surface area (Å²) in [4.78, 5) is 15.1. The molecule has 3 fully saturated rings. The molecule has 5 rings (SSSR count). The number of hydrogen-bond acceptors (Lipinski definition) is 4. The Morgan fingerprint density at radius 1 is 1.19 bits per heavy atom. The van der Waals surface area contributed by atoms with E-state index in [1.54, 1.807) is 24.8 Å². The topological polar surface area (TPSA) is 78.2 Å². The predicted molar refractivity (Wildman–Crippen MR) is 96.9 cm³/mol. The first-order chi connectivity index (χ1) is 12.4. The molecule has 0 unspecified atom stereocenters. The highest BCUT2D eigenvalue weighted by atomic mass is 32.2. The van der Waals surface area contributed by atoms with Crippen LogP contribution in [0.1, 0.15) is 23.2 Å². The van der Waals surface area contributed by atoms with Gasteiger partial charge in [-0.1, -0.05) is 6.07 Å². The van der Waals surface area contributed by atoms with Crippen LogP contribution in [0, 0.1) is 5.92 Å². The Kier molecular flexibility index (Phi) is 4.25. The van der Waals surface area contributed by atoms with E-state index in [4.69, 9.17) is 0 Å². The molecule has 0 spiro atoms. The van der Waals surface area contributed by atoms with Gasteiger partial charge in [0.05, 0.1) is 17.3 Å². The molecule has 140 valence electrons. The molecule has 9 heteroatoms. The second-order valence-corrected chi connectivity index (χ2v) is 9.39. The number of carbonyl (C=O) groups excluding carboxylic acids is 1. The summed E-state index contributed by atoms with van der Waals surface area (Å²) in [6.45, 7) is 1.41. The molecule has 5 heterocycles. The van der Waals surface area contributed by atoms with E-state index in [0.717, 1.165) is 18.4 Å². The van der Waals surface area contributed by atoms with Gasteiger partial charge in [-0.2, -0.15) is 22.1 Å². The number of fused-ring (bicyclic) bond motifs is 5. The summed E-state index contributed by atoms with van der Waals surface area (Å²) < 4.78 is 29.6. The molecule has 2 aromatic rings. The van der Waals surface area contributed by atoms with Crippen molar-refractivity contribution in [2.24, 2.45) is 5.92 Å². The zero-order valence-corrected chi connectivity index (χ0v) is 15.8. The minimum absolute atomic E-state index is 0.0648. The van der Waals surface area contributed by atoms with E-state index in [1.165, 1.54) is 8.61 Å². The fourth-order valence-corrected chi connectivity index (χ4v) is 5.18. The maximum absolute atomic E-state index is 13.2. The van der Waals surface area contributed by atoms with Gasteiger partial charge in [0.2, 0.25) is 0 Å². The maximum Gasteiger partial charge on any atom is 0.281 e. The number of amides is 1. The van der Waals surface area contributed by atoms with Gasteiger partial charge in [0.25, 0.3) is 16.1 Å². The lowest BCUT2D eigenvalue weighted by Gasteiger charge is -2.36. The van der Waals surface area contributed by atoms with Crippen LogP contribution >= 0.6 is 0 Å². The highest BCUT2D eigenvalue weighted by molar-refractivity contribution is 7.86. The van der Waals surface area contributed by atoms with Gasteiger partial charge < -0.3 is 4.90 Å². The van der Waals surface area contributed by atoms with Crippen LogP contribution in [0.25, 0.3) is 5.52 Å². The minimum atomic E-state index is -3.47. The monoisotopic (exact) mass is 377 g/mol. The van der Waals surface area contributed by atoms with Crippen molar-refractivity contribution in [2.45, 2.75) is 18.9 Å². The van der Waals surface area contributed by atoms with E-state index in [2.05, 4.69) is 5.10 Å². The summed E-state index contributed by atoms with van der Waals surface area (Å²) in [5.74, 6) is 0.0965. The number of carbonyl (C=O) groups is 1. The molecule has 8 nitrogen and oxygen atoms in total. The van der Waals surface area contributed by atoms with E-state index < -0.39 is 10.2 Å². The largest absolute Gasteiger partial charge is 0.334 e. The van der Waals surface area contributed by atoms with Crippen molar-refractivity contribution in [1.82, 2.24) is 23.1 Å². The van der Waals surface area contributed by atoms with Crippen LogP contribution in [0.2, 0.25) is 0 Å². The average molecular weight is 377 g/mol. The SMILES string of the molecule is CN(C)S(=O)(=O)N1C[C@H]2CC[C@@H](C1)N(C(=O)c1cnn3ccccc13)C2.